The summed E-state index contributed by atoms with van der Waals surface area (Å²) in [5, 5.41) is 2.21. The maximum absolute atomic E-state index is 7.19. The molecular formula is C19H25ClOSi. The van der Waals surface area contributed by atoms with E-state index in [1.165, 1.54) is 0 Å². The molecule has 1 nitrogen and oxygen atoms in total. The lowest BCUT2D eigenvalue weighted by molar-refractivity contribution is 0.106. The Morgan fingerprint density at radius 1 is 0.727 bits per heavy atom. The molecule has 0 atom stereocenters. The summed E-state index contributed by atoms with van der Waals surface area (Å²) in [7, 11) is -2.72. The van der Waals surface area contributed by atoms with Gasteiger partial charge in [0, 0.05) is 0 Å². The van der Waals surface area contributed by atoms with Crippen molar-refractivity contribution in [2.75, 3.05) is 0 Å². The van der Waals surface area contributed by atoms with E-state index in [-0.39, 0.29) is 6.10 Å². The second-order valence-corrected chi connectivity index (χ2v) is 10.6. The lowest BCUT2D eigenvalue weighted by Gasteiger charge is -2.35. The summed E-state index contributed by atoms with van der Waals surface area (Å²) in [5.41, 5.74) is 0. The van der Waals surface area contributed by atoms with E-state index in [9.17, 15) is 0 Å². The van der Waals surface area contributed by atoms with Crippen LogP contribution in [0, 0.1) is 11.8 Å². The first-order chi connectivity index (χ1) is 10.4. The Morgan fingerprint density at radius 2 is 1.09 bits per heavy atom. The van der Waals surface area contributed by atoms with E-state index in [1.807, 2.05) is 36.4 Å². The van der Waals surface area contributed by atoms with Crippen LogP contribution in [0.25, 0.3) is 0 Å². The maximum Gasteiger partial charge on any atom is 0.355 e. The van der Waals surface area contributed by atoms with Crippen LogP contribution in [0.1, 0.15) is 27.7 Å². The summed E-state index contributed by atoms with van der Waals surface area (Å²) in [4.78, 5) is 0. The topological polar surface area (TPSA) is 9.23 Å². The third-order valence-electron chi connectivity index (χ3n) is 3.90. The molecule has 0 bridgehead atoms. The van der Waals surface area contributed by atoms with Crippen LogP contribution in [0.4, 0.5) is 0 Å². The molecule has 118 valence electrons. The molecular weight excluding hydrogens is 308 g/mol. The van der Waals surface area contributed by atoms with E-state index in [4.69, 9.17) is 15.5 Å². The second kappa shape index (κ2) is 7.45. The molecule has 0 aliphatic carbocycles. The van der Waals surface area contributed by atoms with Gasteiger partial charge in [-0.2, -0.15) is 0 Å². The molecule has 0 unspecified atom stereocenters. The molecule has 0 heterocycles. The first kappa shape index (κ1) is 17.3. The van der Waals surface area contributed by atoms with Gasteiger partial charge in [0.1, 0.15) is 0 Å². The maximum atomic E-state index is 7.19. The minimum Gasteiger partial charge on any atom is -0.393 e. The number of hydrogen-bond acceptors (Lipinski definition) is 1. The molecule has 0 aliphatic rings. The van der Waals surface area contributed by atoms with Gasteiger partial charge in [-0.1, -0.05) is 88.4 Å². The SMILES string of the molecule is CC(C)C(O[Si](Cl)(c1ccccc1)c1ccccc1)C(C)C. The van der Waals surface area contributed by atoms with Gasteiger partial charge in [0.15, 0.2) is 0 Å². The number of benzene rings is 2. The molecule has 0 aromatic heterocycles. The van der Waals surface area contributed by atoms with Crippen LogP contribution >= 0.6 is 11.1 Å². The quantitative estimate of drug-likeness (QED) is 0.569. The van der Waals surface area contributed by atoms with Crippen molar-refractivity contribution < 1.29 is 4.43 Å². The van der Waals surface area contributed by atoms with E-state index < -0.39 is 7.63 Å². The Kier molecular flexibility index (Phi) is 5.85. The molecule has 0 fully saturated rings. The standard InChI is InChI=1S/C19H25ClOSi/c1-15(2)19(16(3)4)21-22(20,17-11-7-5-8-12-17)18-13-9-6-10-14-18/h5-16,19H,1-4H3. The summed E-state index contributed by atoms with van der Waals surface area (Å²) in [6.07, 6.45) is 0.143. The predicted molar refractivity (Wildman–Crippen MR) is 98.3 cm³/mol. The lowest BCUT2D eigenvalue weighted by atomic mass is 9.97. The van der Waals surface area contributed by atoms with Crippen LogP contribution < -0.4 is 10.4 Å². The molecule has 0 saturated heterocycles. The van der Waals surface area contributed by atoms with Gasteiger partial charge in [-0.15, -0.1) is 11.1 Å². The number of halogens is 1. The summed E-state index contributed by atoms with van der Waals surface area (Å²) in [6, 6.07) is 20.5. The zero-order valence-corrected chi connectivity index (χ0v) is 15.5. The van der Waals surface area contributed by atoms with E-state index >= 15 is 0 Å². The average molecular weight is 333 g/mol. The monoisotopic (exact) mass is 332 g/mol. The fraction of sp³-hybridized carbons (Fsp3) is 0.368. The van der Waals surface area contributed by atoms with Crippen LogP contribution in [-0.4, -0.2) is 13.7 Å². The van der Waals surface area contributed by atoms with Crippen molar-refractivity contribution in [3.05, 3.63) is 60.7 Å². The third-order valence-corrected chi connectivity index (χ3v) is 8.23. The zero-order chi connectivity index (χ0) is 16.2. The second-order valence-electron chi connectivity index (χ2n) is 6.40. The Morgan fingerprint density at radius 3 is 1.41 bits per heavy atom. The van der Waals surface area contributed by atoms with Crippen molar-refractivity contribution in [3.63, 3.8) is 0 Å². The summed E-state index contributed by atoms with van der Waals surface area (Å²) in [5.74, 6) is 0.857. The molecule has 0 aliphatic heterocycles. The van der Waals surface area contributed by atoms with Crippen molar-refractivity contribution in [2.24, 2.45) is 11.8 Å². The van der Waals surface area contributed by atoms with E-state index in [2.05, 4.69) is 52.0 Å². The van der Waals surface area contributed by atoms with Gasteiger partial charge < -0.3 is 4.43 Å². The van der Waals surface area contributed by atoms with E-state index in [0.29, 0.717) is 11.8 Å². The fourth-order valence-electron chi connectivity index (χ4n) is 2.84. The van der Waals surface area contributed by atoms with Gasteiger partial charge in [0.05, 0.1) is 6.10 Å². The summed E-state index contributed by atoms with van der Waals surface area (Å²) >= 11 is 7.19. The first-order valence-electron chi connectivity index (χ1n) is 7.93. The highest BCUT2D eigenvalue weighted by Crippen LogP contribution is 2.23. The minimum atomic E-state index is -2.72. The molecule has 22 heavy (non-hydrogen) atoms. The third kappa shape index (κ3) is 3.81. The van der Waals surface area contributed by atoms with Gasteiger partial charge in [-0.3, -0.25) is 0 Å². The zero-order valence-electron chi connectivity index (χ0n) is 13.8. The number of hydrogen-bond donors (Lipinski definition) is 0. The Labute approximate surface area is 140 Å². The van der Waals surface area contributed by atoms with Gasteiger partial charge >= 0.3 is 7.63 Å². The van der Waals surface area contributed by atoms with E-state index in [0.717, 1.165) is 10.4 Å². The van der Waals surface area contributed by atoms with Crippen LogP contribution in [0.15, 0.2) is 60.7 Å². The Hall–Kier alpha value is -1.09. The van der Waals surface area contributed by atoms with Crippen LogP contribution in [-0.2, 0) is 4.43 Å². The average Bonchev–Trinajstić information content (AvgIpc) is 2.53. The van der Waals surface area contributed by atoms with Crippen molar-refractivity contribution >= 4 is 29.1 Å². The van der Waals surface area contributed by atoms with Crippen molar-refractivity contribution in [2.45, 2.75) is 33.8 Å². The Balaban J connectivity index is 2.47. The van der Waals surface area contributed by atoms with Gasteiger partial charge in [-0.05, 0) is 22.2 Å². The van der Waals surface area contributed by atoms with Crippen molar-refractivity contribution in [1.82, 2.24) is 0 Å². The van der Waals surface area contributed by atoms with Crippen molar-refractivity contribution in [3.8, 4) is 0 Å². The van der Waals surface area contributed by atoms with E-state index in [1.54, 1.807) is 0 Å². The molecule has 0 saturated carbocycles. The summed E-state index contributed by atoms with van der Waals surface area (Å²) < 4.78 is 6.64. The molecule has 0 radical (unpaired) electrons. The number of rotatable bonds is 6. The molecule has 2 aromatic rings. The normalized spacial score (nSPS) is 12.4. The molecule has 0 amide bonds. The van der Waals surface area contributed by atoms with Gasteiger partial charge in [-0.25, -0.2) is 0 Å². The van der Waals surface area contributed by atoms with Gasteiger partial charge in [0.2, 0.25) is 0 Å². The van der Waals surface area contributed by atoms with Crippen LogP contribution in [0.2, 0.25) is 0 Å². The molecule has 2 aromatic carbocycles. The van der Waals surface area contributed by atoms with Crippen LogP contribution in [0.5, 0.6) is 0 Å². The highest BCUT2D eigenvalue weighted by Gasteiger charge is 2.41. The highest BCUT2D eigenvalue weighted by molar-refractivity contribution is 7.30. The molecule has 2 rings (SSSR count). The fourth-order valence-corrected chi connectivity index (χ4v) is 6.67. The van der Waals surface area contributed by atoms with Crippen LogP contribution in [0.3, 0.4) is 0 Å². The molecule has 0 N–H and O–H groups in total. The Bertz CT molecular complexity index is 521. The summed E-state index contributed by atoms with van der Waals surface area (Å²) in [6.45, 7) is 8.80. The molecule has 0 spiro atoms. The highest BCUT2D eigenvalue weighted by atomic mass is 35.6. The van der Waals surface area contributed by atoms with Gasteiger partial charge in [0.25, 0.3) is 0 Å². The molecule has 3 heteroatoms. The largest absolute Gasteiger partial charge is 0.393 e. The first-order valence-corrected chi connectivity index (χ1v) is 10.8. The smallest absolute Gasteiger partial charge is 0.355 e. The predicted octanol–water partition coefficient (Wildman–Crippen LogP) is 4.18. The van der Waals surface area contributed by atoms with Crippen molar-refractivity contribution in [1.29, 1.82) is 0 Å². The lowest BCUT2D eigenvalue weighted by Crippen LogP contribution is -2.59. The minimum absolute atomic E-state index is 0.143.